The number of carbonyl (C=O) groups is 2. The maximum atomic E-state index is 11.3. The highest BCUT2D eigenvalue weighted by atomic mass is 16.3. The summed E-state index contributed by atoms with van der Waals surface area (Å²) in [5.41, 5.74) is 0. The zero-order chi connectivity index (χ0) is 12.0. The molecule has 0 aromatic heterocycles. The molecule has 1 N–H and O–H groups in total. The lowest BCUT2D eigenvalue weighted by atomic mass is 10.4. The van der Waals surface area contributed by atoms with Crippen molar-refractivity contribution in [2.75, 3.05) is 32.8 Å². The molecule has 1 aliphatic heterocycles. The van der Waals surface area contributed by atoms with Gasteiger partial charge in [0.2, 0.25) is 11.8 Å². The van der Waals surface area contributed by atoms with Gasteiger partial charge in [0, 0.05) is 39.0 Å². The van der Waals surface area contributed by atoms with E-state index < -0.39 is 0 Å². The molecule has 1 aliphatic rings. The van der Waals surface area contributed by atoms with E-state index in [-0.39, 0.29) is 18.4 Å². The summed E-state index contributed by atoms with van der Waals surface area (Å²) in [6.07, 6.45) is 2.41. The number of likely N-dealkylation sites (tertiary alicyclic amines) is 1. The summed E-state index contributed by atoms with van der Waals surface area (Å²) in [5.74, 6) is -0.180. The van der Waals surface area contributed by atoms with E-state index in [0.717, 1.165) is 0 Å². The number of rotatable bonds is 7. The molecule has 0 radical (unpaired) electrons. The van der Waals surface area contributed by atoms with Crippen LogP contribution in [0.1, 0.15) is 12.8 Å². The number of amides is 2. The minimum Gasteiger partial charge on any atom is -0.395 e. The maximum Gasteiger partial charge on any atom is 0.229 e. The number of nitrogens with zero attached hydrogens (tertiary/aromatic N) is 2. The average Bonchev–Trinajstić information content (AvgIpc) is 2.56. The van der Waals surface area contributed by atoms with Gasteiger partial charge in [0.25, 0.3) is 0 Å². The zero-order valence-corrected chi connectivity index (χ0v) is 9.39. The Morgan fingerprint density at radius 1 is 1.31 bits per heavy atom. The van der Waals surface area contributed by atoms with E-state index in [4.69, 9.17) is 5.11 Å². The summed E-state index contributed by atoms with van der Waals surface area (Å²) in [6.45, 7) is 5.86. The number of hydrogen-bond donors (Lipinski definition) is 1. The van der Waals surface area contributed by atoms with Crippen molar-refractivity contribution in [3.05, 3.63) is 12.7 Å². The molecule has 2 amide bonds. The molecule has 0 aliphatic carbocycles. The first-order valence-electron chi connectivity index (χ1n) is 5.46. The van der Waals surface area contributed by atoms with Crippen LogP contribution in [0.3, 0.4) is 0 Å². The van der Waals surface area contributed by atoms with Crippen LogP contribution in [0.15, 0.2) is 12.7 Å². The van der Waals surface area contributed by atoms with Crippen LogP contribution < -0.4 is 0 Å². The quantitative estimate of drug-likeness (QED) is 0.474. The molecule has 0 atom stereocenters. The van der Waals surface area contributed by atoms with E-state index in [2.05, 4.69) is 6.58 Å². The first kappa shape index (κ1) is 12.9. The summed E-state index contributed by atoms with van der Waals surface area (Å²) >= 11 is 0. The van der Waals surface area contributed by atoms with Crippen LogP contribution in [0.25, 0.3) is 0 Å². The predicted molar refractivity (Wildman–Crippen MR) is 59.7 cm³/mol. The van der Waals surface area contributed by atoms with Gasteiger partial charge < -0.3 is 5.11 Å². The lowest BCUT2D eigenvalue weighted by Gasteiger charge is -2.22. The van der Waals surface area contributed by atoms with E-state index in [1.807, 2.05) is 4.90 Å². The Hall–Kier alpha value is -1.20. The van der Waals surface area contributed by atoms with Gasteiger partial charge >= 0.3 is 0 Å². The largest absolute Gasteiger partial charge is 0.395 e. The third-order valence-electron chi connectivity index (χ3n) is 2.60. The van der Waals surface area contributed by atoms with Crippen LogP contribution >= 0.6 is 0 Å². The standard InChI is InChI=1S/C11H18N2O3/c1-2-5-12(8-9-14)6-7-13-10(15)3-4-11(13)16/h2,14H,1,3-9H2. The Labute approximate surface area is 95.3 Å². The maximum absolute atomic E-state index is 11.3. The molecule has 1 rings (SSSR count). The third kappa shape index (κ3) is 3.43. The van der Waals surface area contributed by atoms with Crippen molar-refractivity contribution in [2.24, 2.45) is 0 Å². The van der Waals surface area contributed by atoms with E-state index in [0.29, 0.717) is 39.0 Å². The number of hydrogen-bond acceptors (Lipinski definition) is 4. The summed E-state index contributed by atoms with van der Waals surface area (Å²) in [6, 6.07) is 0. The Bertz CT molecular complexity index is 262. The van der Waals surface area contributed by atoms with Crippen molar-refractivity contribution in [3.8, 4) is 0 Å². The lowest BCUT2D eigenvalue weighted by molar-refractivity contribution is -0.138. The van der Waals surface area contributed by atoms with Gasteiger partial charge in [0.1, 0.15) is 0 Å². The number of aliphatic hydroxyl groups is 1. The van der Waals surface area contributed by atoms with E-state index in [9.17, 15) is 9.59 Å². The molecule has 90 valence electrons. The van der Waals surface area contributed by atoms with E-state index in [1.165, 1.54) is 4.90 Å². The van der Waals surface area contributed by atoms with Crippen molar-refractivity contribution < 1.29 is 14.7 Å². The minimum atomic E-state index is -0.0902. The lowest BCUT2D eigenvalue weighted by Crippen LogP contribution is -2.39. The van der Waals surface area contributed by atoms with Gasteiger partial charge in [-0.15, -0.1) is 6.58 Å². The van der Waals surface area contributed by atoms with Gasteiger partial charge in [0.05, 0.1) is 6.61 Å². The fourth-order valence-corrected chi connectivity index (χ4v) is 1.73. The van der Waals surface area contributed by atoms with Crippen LogP contribution in [0.4, 0.5) is 0 Å². The molecular formula is C11H18N2O3. The first-order valence-corrected chi connectivity index (χ1v) is 5.46. The predicted octanol–water partition coefficient (Wildman–Crippen LogP) is -0.384. The molecule has 0 saturated carbocycles. The van der Waals surface area contributed by atoms with Crippen LogP contribution in [0.2, 0.25) is 0 Å². The Balaban J connectivity index is 2.38. The van der Waals surface area contributed by atoms with Crippen LogP contribution in [0, 0.1) is 0 Å². The molecule has 5 heteroatoms. The van der Waals surface area contributed by atoms with Crippen LogP contribution in [-0.4, -0.2) is 59.5 Å². The van der Waals surface area contributed by atoms with Gasteiger partial charge in [-0.3, -0.25) is 19.4 Å². The molecule has 1 fully saturated rings. The van der Waals surface area contributed by atoms with Crippen LogP contribution in [-0.2, 0) is 9.59 Å². The van der Waals surface area contributed by atoms with Crippen molar-refractivity contribution in [2.45, 2.75) is 12.8 Å². The third-order valence-corrected chi connectivity index (χ3v) is 2.60. The number of aliphatic hydroxyl groups excluding tert-OH is 1. The first-order chi connectivity index (χ1) is 7.69. The summed E-state index contributed by atoms with van der Waals surface area (Å²) in [7, 11) is 0. The smallest absolute Gasteiger partial charge is 0.229 e. The van der Waals surface area contributed by atoms with Crippen molar-refractivity contribution in [1.29, 1.82) is 0 Å². The molecule has 1 heterocycles. The minimum absolute atomic E-state index is 0.0652. The number of carbonyl (C=O) groups excluding carboxylic acids is 2. The normalized spacial score (nSPS) is 16.2. The highest BCUT2D eigenvalue weighted by molar-refractivity contribution is 6.01. The summed E-state index contributed by atoms with van der Waals surface area (Å²) in [4.78, 5) is 25.9. The van der Waals surface area contributed by atoms with Crippen molar-refractivity contribution >= 4 is 11.8 Å². The highest BCUT2D eigenvalue weighted by Gasteiger charge is 2.28. The van der Waals surface area contributed by atoms with Gasteiger partial charge in [-0.25, -0.2) is 0 Å². The monoisotopic (exact) mass is 226 g/mol. The van der Waals surface area contributed by atoms with Crippen LogP contribution in [0.5, 0.6) is 0 Å². The molecule has 1 saturated heterocycles. The van der Waals surface area contributed by atoms with E-state index >= 15 is 0 Å². The molecule has 0 aromatic carbocycles. The Morgan fingerprint density at radius 3 is 2.44 bits per heavy atom. The second-order valence-corrected chi connectivity index (χ2v) is 3.75. The van der Waals surface area contributed by atoms with Gasteiger partial charge in [-0.05, 0) is 0 Å². The summed E-state index contributed by atoms with van der Waals surface area (Å²) in [5, 5.41) is 8.84. The Kier molecular flexibility index (Phi) is 5.14. The van der Waals surface area contributed by atoms with Crippen molar-refractivity contribution in [3.63, 3.8) is 0 Å². The highest BCUT2D eigenvalue weighted by Crippen LogP contribution is 2.11. The summed E-state index contributed by atoms with van der Waals surface area (Å²) < 4.78 is 0. The molecular weight excluding hydrogens is 208 g/mol. The molecule has 5 nitrogen and oxygen atoms in total. The molecule has 16 heavy (non-hydrogen) atoms. The van der Waals surface area contributed by atoms with Gasteiger partial charge in [-0.2, -0.15) is 0 Å². The molecule has 0 spiro atoms. The van der Waals surface area contributed by atoms with E-state index in [1.54, 1.807) is 6.08 Å². The van der Waals surface area contributed by atoms with Gasteiger partial charge in [-0.1, -0.05) is 6.08 Å². The molecule has 0 unspecified atom stereocenters. The second-order valence-electron chi connectivity index (χ2n) is 3.75. The zero-order valence-electron chi connectivity index (χ0n) is 9.39. The fraction of sp³-hybridized carbons (Fsp3) is 0.636. The fourth-order valence-electron chi connectivity index (χ4n) is 1.73. The molecule has 0 bridgehead atoms. The topological polar surface area (TPSA) is 60.9 Å². The SMILES string of the molecule is C=CCN(CCO)CCN1C(=O)CCC1=O. The molecule has 0 aromatic rings. The Morgan fingerprint density at radius 2 is 1.94 bits per heavy atom. The van der Waals surface area contributed by atoms with Gasteiger partial charge in [0.15, 0.2) is 0 Å². The number of imide groups is 1. The van der Waals surface area contributed by atoms with Crippen molar-refractivity contribution in [1.82, 2.24) is 9.80 Å². The average molecular weight is 226 g/mol. The second kappa shape index (κ2) is 6.40.